The van der Waals surface area contributed by atoms with Crippen LogP contribution in [0.2, 0.25) is 0 Å². The number of thiol groups is 1. The number of aromatic nitrogens is 2. The third kappa shape index (κ3) is 3.40. The predicted octanol–water partition coefficient (Wildman–Crippen LogP) is -1.72. The zero-order valence-corrected chi connectivity index (χ0v) is 18.9. The van der Waals surface area contributed by atoms with Crippen LogP contribution >= 0.6 is 24.0 Å². The summed E-state index contributed by atoms with van der Waals surface area (Å²) in [4.78, 5) is 37.6. The summed E-state index contributed by atoms with van der Waals surface area (Å²) in [6, 6.07) is -2.05. The molecule has 0 bridgehead atoms. The van der Waals surface area contributed by atoms with Crippen molar-refractivity contribution < 1.29 is 63.6 Å². The van der Waals surface area contributed by atoms with E-state index in [1.54, 1.807) is 6.92 Å². The molecule has 4 rings (SSSR count). The number of halogens is 3. The van der Waals surface area contributed by atoms with Crippen LogP contribution in [-0.4, -0.2) is 67.7 Å². The first kappa shape index (κ1) is 22.5. The quantitative estimate of drug-likeness (QED) is 0.317. The Hall–Kier alpha value is -1.15. The van der Waals surface area contributed by atoms with E-state index in [1.165, 1.54) is 11.3 Å². The Bertz CT molecular complexity index is 943. The van der Waals surface area contributed by atoms with Crippen molar-refractivity contribution in [2.75, 3.05) is 6.54 Å². The second-order valence-corrected chi connectivity index (χ2v) is 8.53. The van der Waals surface area contributed by atoms with Crippen LogP contribution in [0.1, 0.15) is 23.1 Å². The molecule has 152 valence electrons. The van der Waals surface area contributed by atoms with Gasteiger partial charge in [-0.15, -0.1) is 21.5 Å². The van der Waals surface area contributed by atoms with E-state index >= 15 is 0 Å². The van der Waals surface area contributed by atoms with Crippen LogP contribution in [-0.2, 0) is 14.4 Å². The van der Waals surface area contributed by atoms with Crippen molar-refractivity contribution in [3.8, 4) is 0 Å². The molecule has 4 heterocycles. The molecule has 0 spiro atoms. The normalized spacial score (nSPS) is 26.7. The molecule has 1 aromatic rings. The molecule has 1 aromatic heterocycles. The molecule has 3 aliphatic heterocycles. The summed E-state index contributed by atoms with van der Waals surface area (Å²) in [5.74, 6) is -4.79. The van der Waals surface area contributed by atoms with Gasteiger partial charge in [0.2, 0.25) is 0 Å². The summed E-state index contributed by atoms with van der Waals surface area (Å²) < 4.78 is 38.6. The summed E-state index contributed by atoms with van der Waals surface area (Å²) in [5, 5.41) is 17.8. The number of carbonyl (C=O) groups is 3. The van der Waals surface area contributed by atoms with E-state index < -0.39 is 47.2 Å². The summed E-state index contributed by atoms with van der Waals surface area (Å²) in [7, 11) is 0. The fourth-order valence-corrected chi connectivity index (χ4v) is 5.32. The van der Waals surface area contributed by atoms with E-state index in [9.17, 15) is 32.7 Å². The van der Waals surface area contributed by atoms with Gasteiger partial charge in [0.1, 0.15) is 21.8 Å². The molecule has 1 N–H and O–H groups in total. The van der Waals surface area contributed by atoms with E-state index in [1.807, 2.05) is 0 Å². The van der Waals surface area contributed by atoms with Gasteiger partial charge in [-0.05, 0) is 18.9 Å². The molecule has 29 heavy (non-hydrogen) atoms. The predicted molar refractivity (Wildman–Crippen MR) is 92.4 cm³/mol. The van der Waals surface area contributed by atoms with Crippen LogP contribution in [0.15, 0.2) is 11.3 Å². The fraction of sp³-hybridized carbons (Fsp3) is 0.533. The van der Waals surface area contributed by atoms with E-state index in [0.29, 0.717) is 14.9 Å². The van der Waals surface area contributed by atoms with Gasteiger partial charge in [-0.1, -0.05) is 0 Å². The van der Waals surface area contributed by atoms with Crippen molar-refractivity contribution in [3.05, 3.63) is 21.3 Å². The number of carboxylic acids is 1. The number of carboxylic acid groups (broad SMARTS) is 1. The van der Waals surface area contributed by atoms with Gasteiger partial charge in [-0.2, -0.15) is 25.8 Å². The molecule has 8 nitrogen and oxygen atoms in total. The minimum atomic E-state index is -5.10. The van der Waals surface area contributed by atoms with Crippen molar-refractivity contribution >= 4 is 41.7 Å². The van der Waals surface area contributed by atoms with Crippen molar-refractivity contribution in [1.29, 1.82) is 0 Å². The van der Waals surface area contributed by atoms with Gasteiger partial charge in [0.15, 0.2) is 0 Å². The molecule has 4 atom stereocenters. The van der Waals surface area contributed by atoms with Crippen molar-refractivity contribution in [1.82, 2.24) is 20.0 Å². The largest absolute Gasteiger partial charge is 1.00 e. The molecule has 14 heteroatoms. The number of β-lactam (4-membered cyclic amide) rings is 1. The smallest absolute Gasteiger partial charge is 1.00 e. The number of likely N-dealkylation sites (tertiary alicyclic amines) is 1. The molecular formula is C15H14F3N4NaO4S2. The Morgan fingerprint density at radius 1 is 1.38 bits per heavy atom. The second kappa shape index (κ2) is 7.52. The standard InChI is InChI=1S/C15H13F3N4O4S2.Na.H/c1-4-19-20-11(28-4)10(27)6-2-5-3-21(14(26)15(16,17)18)9-7(5)22(12(9)23)8(6)13(24)25;;/h5,7,9-10,27H,2-3H2,1H3,(H,24,25);;/q;+1;-1/t5-,7-,9+,10?;;/m1../s1. The van der Waals surface area contributed by atoms with E-state index in [4.69, 9.17) is 0 Å². The minimum Gasteiger partial charge on any atom is -1.00 e. The molecule has 0 aliphatic carbocycles. The maximum atomic E-state index is 12.9. The van der Waals surface area contributed by atoms with E-state index in [2.05, 4.69) is 22.8 Å². The number of aliphatic carboxylic acids is 1. The van der Waals surface area contributed by atoms with Gasteiger partial charge in [-0.25, -0.2) is 4.79 Å². The summed E-state index contributed by atoms with van der Waals surface area (Å²) in [6.45, 7) is 1.44. The first-order valence-electron chi connectivity index (χ1n) is 8.17. The molecule has 0 saturated carbocycles. The fourth-order valence-electron chi connectivity index (χ4n) is 4.16. The van der Waals surface area contributed by atoms with Crippen molar-refractivity contribution in [2.45, 2.75) is 36.9 Å². The van der Waals surface area contributed by atoms with Crippen LogP contribution in [0.25, 0.3) is 0 Å². The number of hydrogen-bond acceptors (Lipinski definition) is 7. The maximum absolute atomic E-state index is 12.9. The van der Waals surface area contributed by atoms with Gasteiger partial charge in [0, 0.05) is 12.5 Å². The number of amides is 2. The van der Waals surface area contributed by atoms with Crippen molar-refractivity contribution in [3.63, 3.8) is 0 Å². The van der Waals surface area contributed by atoms with E-state index in [0.717, 1.165) is 4.90 Å². The van der Waals surface area contributed by atoms with Gasteiger partial charge < -0.3 is 11.4 Å². The number of nitrogens with zero attached hydrogens (tertiary/aromatic N) is 4. The van der Waals surface area contributed by atoms with Gasteiger partial charge in [0.05, 0.1) is 11.3 Å². The average molecular weight is 458 g/mol. The molecule has 1 unspecified atom stereocenters. The number of carbonyl (C=O) groups excluding carboxylic acids is 2. The Balaban J connectivity index is 0.00000160. The minimum absolute atomic E-state index is 0. The molecule has 3 aliphatic rings. The number of hydrogen-bond donors (Lipinski definition) is 2. The van der Waals surface area contributed by atoms with Gasteiger partial charge in [0.25, 0.3) is 5.91 Å². The maximum Gasteiger partial charge on any atom is 1.00 e. The molecule has 2 fully saturated rings. The zero-order chi connectivity index (χ0) is 20.5. The number of rotatable bonds is 3. The molecule has 0 radical (unpaired) electrons. The van der Waals surface area contributed by atoms with Crippen molar-refractivity contribution in [2.24, 2.45) is 5.92 Å². The summed E-state index contributed by atoms with van der Waals surface area (Å²) >= 11 is 5.65. The molecular weight excluding hydrogens is 444 g/mol. The van der Waals surface area contributed by atoms with Crippen LogP contribution in [0.4, 0.5) is 13.2 Å². The number of alkyl halides is 3. The zero-order valence-electron chi connectivity index (χ0n) is 16.2. The molecule has 2 amide bonds. The summed E-state index contributed by atoms with van der Waals surface area (Å²) in [5.41, 5.74) is -0.0157. The van der Waals surface area contributed by atoms with E-state index in [-0.39, 0.29) is 55.2 Å². The first-order valence-corrected chi connectivity index (χ1v) is 9.51. The Kier molecular flexibility index (Phi) is 5.84. The van der Waals surface area contributed by atoms with Crippen LogP contribution in [0.5, 0.6) is 0 Å². The summed E-state index contributed by atoms with van der Waals surface area (Å²) in [6.07, 6.45) is -5.00. The Morgan fingerprint density at radius 3 is 2.55 bits per heavy atom. The first-order chi connectivity index (χ1) is 13.0. The topological polar surface area (TPSA) is 104 Å². The SMILES string of the molecule is Cc1nnc(C(S)C2=C(C(=O)O)N3C(=O)[C@@H]4[C@H]3[C@H](C2)CN4C(=O)C(F)(F)F)s1.[H-].[Na+]. The third-order valence-electron chi connectivity index (χ3n) is 5.20. The third-order valence-corrected chi connectivity index (χ3v) is 6.84. The van der Waals surface area contributed by atoms with Gasteiger partial charge in [-0.3, -0.25) is 14.5 Å². The van der Waals surface area contributed by atoms with Crippen LogP contribution in [0, 0.1) is 12.8 Å². The Labute approximate surface area is 195 Å². The molecule has 0 aromatic carbocycles. The number of aryl methyl sites for hydroxylation is 1. The second-order valence-electron chi connectivity index (χ2n) is 6.80. The average Bonchev–Trinajstić information content (AvgIpc) is 3.19. The monoisotopic (exact) mass is 458 g/mol. The van der Waals surface area contributed by atoms with Crippen LogP contribution in [0.3, 0.4) is 0 Å². The molecule has 2 saturated heterocycles. The van der Waals surface area contributed by atoms with Gasteiger partial charge >= 0.3 is 47.6 Å². The van der Waals surface area contributed by atoms with Crippen LogP contribution < -0.4 is 29.6 Å². The Morgan fingerprint density at radius 2 is 2.03 bits per heavy atom.